The van der Waals surface area contributed by atoms with Crippen LogP contribution in [0.2, 0.25) is 0 Å². The molecule has 0 aromatic heterocycles. The van der Waals surface area contributed by atoms with E-state index in [-0.39, 0.29) is 4.83 Å². The predicted molar refractivity (Wildman–Crippen MR) is 72.5 cm³/mol. The van der Waals surface area contributed by atoms with E-state index in [1.165, 1.54) is 0 Å². The summed E-state index contributed by atoms with van der Waals surface area (Å²) in [6.45, 7) is 5.70. The molecule has 1 rings (SSSR count). The lowest BCUT2D eigenvalue weighted by molar-refractivity contribution is 0.354. The largest absolute Gasteiger partial charge is 0.339 e. The Morgan fingerprint density at radius 2 is 2.19 bits per heavy atom. The molecule has 0 amide bonds. The van der Waals surface area contributed by atoms with E-state index in [0.29, 0.717) is 0 Å². The summed E-state index contributed by atoms with van der Waals surface area (Å²) in [5.74, 6) is 6.58. The monoisotopic (exact) mass is 284 g/mol. The van der Waals surface area contributed by atoms with Crippen molar-refractivity contribution in [2.45, 2.75) is 11.8 Å². The molecule has 1 heterocycles. The van der Waals surface area contributed by atoms with Crippen LogP contribution in [0.4, 0.5) is 0 Å². The molecular weight excluding hydrogens is 268 g/mol. The quantitative estimate of drug-likeness (QED) is 0.334. The summed E-state index contributed by atoms with van der Waals surface area (Å²) in [5.41, 5.74) is 0. The number of hydrogen-bond acceptors (Lipinski definition) is 2. The fourth-order valence-corrected chi connectivity index (χ4v) is 1.80. The zero-order chi connectivity index (χ0) is 11.8. The second-order valence-electron chi connectivity index (χ2n) is 3.33. The van der Waals surface area contributed by atoms with Gasteiger partial charge < -0.3 is 10.2 Å². The number of nitrogens with one attached hydrogen (secondary N) is 1. The zero-order valence-electron chi connectivity index (χ0n) is 9.70. The predicted octanol–water partition coefficient (Wildman–Crippen LogP) is 0.735. The van der Waals surface area contributed by atoms with E-state index in [9.17, 15) is 0 Å². The van der Waals surface area contributed by atoms with Crippen molar-refractivity contribution in [2.75, 3.05) is 33.2 Å². The molecule has 1 saturated heterocycles. The minimum absolute atomic E-state index is 0.00262. The summed E-state index contributed by atoms with van der Waals surface area (Å²) in [5, 5.41) is 3.30. The average Bonchev–Trinajstić information content (AvgIpc) is 2.31. The molecule has 4 nitrogen and oxygen atoms in total. The van der Waals surface area contributed by atoms with Crippen LogP contribution in [0.3, 0.4) is 0 Å². The highest BCUT2D eigenvalue weighted by atomic mass is 79.9. The van der Waals surface area contributed by atoms with Gasteiger partial charge in [0.2, 0.25) is 5.96 Å². The molecule has 1 aliphatic rings. The third kappa shape index (κ3) is 4.33. The minimum Gasteiger partial charge on any atom is -0.339 e. The fraction of sp³-hybridized carbons (Fsp3) is 0.636. The summed E-state index contributed by atoms with van der Waals surface area (Å²) in [6, 6.07) is 0. The van der Waals surface area contributed by atoms with Crippen molar-refractivity contribution < 1.29 is 0 Å². The molecule has 5 heteroatoms. The van der Waals surface area contributed by atoms with Gasteiger partial charge in [-0.15, -0.1) is 5.92 Å². The first kappa shape index (κ1) is 13.2. The SMILES string of the molecule is CC#CC(Br)/C=N\C(=N/C)N1CCNCC1. The average molecular weight is 285 g/mol. The lowest BCUT2D eigenvalue weighted by Gasteiger charge is -2.27. The molecule has 0 radical (unpaired) electrons. The molecule has 0 aliphatic carbocycles. The molecule has 1 aliphatic heterocycles. The highest BCUT2D eigenvalue weighted by Gasteiger charge is 2.12. The van der Waals surface area contributed by atoms with E-state index < -0.39 is 0 Å². The summed E-state index contributed by atoms with van der Waals surface area (Å²) in [4.78, 5) is 10.7. The lowest BCUT2D eigenvalue weighted by Crippen LogP contribution is -2.46. The highest BCUT2D eigenvalue weighted by Crippen LogP contribution is 1.99. The van der Waals surface area contributed by atoms with Crippen molar-refractivity contribution in [1.82, 2.24) is 10.2 Å². The summed E-state index contributed by atoms with van der Waals surface area (Å²) in [7, 11) is 1.77. The van der Waals surface area contributed by atoms with Crippen LogP contribution in [0.1, 0.15) is 6.92 Å². The molecule has 0 aromatic rings. The fourth-order valence-electron chi connectivity index (χ4n) is 1.45. The Labute approximate surface area is 105 Å². The van der Waals surface area contributed by atoms with Crippen LogP contribution in [0.5, 0.6) is 0 Å². The van der Waals surface area contributed by atoms with Crippen molar-refractivity contribution in [3.05, 3.63) is 0 Å². The van der Waals surface area contributed by atoms with Crippen molar-refractivity contribution in [3.8, 4) is 11.8 Å². The van der Waals surface area contributed by atoms with Crippen LogP contribution in [0.25, 0.3) is 0 Å². The zero-order valence-corrected chi connectivity index (χ0v) is 11.3. The van der Waals surface area contributed by atoms with Gasteiger partial charge >= 0.3 is 0 Å². The van der Waals surface area contributed by atoms with Gasteiger partial charge in [-0.1, -0.05) is 21.9 Å². The molecular formula is C11H17BrN4. The normalized spacial score (nSPS) is 19.4. The van der Waals surface area contributed by atoms with Gasteiger partial charge in [0.25, 0.3) is 0 Å². The second kappa shape index (κ2) is 7.42. The van der Waals surface area contributed by atoms with Gasteiger partial charge in [-0.2, -0.15) is 0 Å². The maximum atomic E-state index is 4.36. The van der Waals surface area contributed by atoms with Crippen LogP contribution < -0.4 is 5.32 Å². The van der Waals surface area contributed by atoms with E-state index in [2.05, 4.69) is 48.0 Å². The molecule has 1 unspecified atom stereocenters. The van der Waals surface area contributed by atoms with Crippen LogP contribution in [0.15, 0.2) is 9.98 Å². The Bertz CT molecular complexity index is 321. The number of aliphatic imine (C=N–C) groups is 2. The smallest absolute Gasteiger partial charge is 0.220 e. The number of halogens is 1. The number of alkyl halides is 1. The van der Waals surface area contributed by atoms with Gasteiger partial charge in [0.05, 0.1) is 0 Å². The maximum absolute atomic E-state index is 4.36. The molecule has 0 spiro atoms. The van der Waals surface area contributed by atoms with Crippen molar-refractivity contribution >= 4 is 28.1 Å². The first-order valence-corrected chi connectivity index (χ1v) is 6.22. The summed E-state index contributed by atoms with van der Waals surface area (Å²) >= 11 is 3.41. The number of nitrogens with zero attached hydrogens (tertiary/aromatic N) is 3. The van der Waals surface area contributed by atoms with Crippen molar-refractivity contribution in [2.24, 2.45) is 9.98 Å². The van der Waals surface area contributed by atoms with Crippen molar-refractivity contribution in [1.29, 1.82) is 0 Å². The summed E-state index contributed by atoms with van der Waals surface area (Å²) < 4.78 is 0. The Balaban J connectivity index is 2.56. The minimum atomic E-state index is -0.00262. The van der Waals surface area contributed by atoms with Gasteiger partial charge in [-0.25, -0.2) is 4.99 Å². The van der Waals surface area contributed by atoms with E-state index in [4.69, 9.17) is 0 Å². The topological polar surface area (TPSA) is 40.0 Å². The Morgan fingerprint density at radius 1 is 1.50 bits per heavy atom. The van der Waals surface area contributed by atoms with Crippen LogP contribution in [-0.4, -0.2) is 55.1 Å². The Hall–Kier alpha value is -0.860. The second-order valence-corrected chi connectivity index (χ2v) is 4.32. The molecule has 1 atom stereocenters. The third-order valence-electron chi connectivity index (χ3n) is 2.20. The van der Waals surface area contributed by atoms with E-state index in [0.717, 1.165) is 32.1 Å². The van der Waals surface area contributed by atoms with Crippen molar-refractivity contribution in [3.63, 3.8) is 0 Å². The number of guanidine groups is 1. The summed E-state index contributed by atoms with van der Waals surface area (Å²) in [6.07, 6.45) is 1.78. The maximum Gasteiger partial charge on any atom is 0.220 e. The Kier molecular flexibility index (Phi) is 6.12. The van der Waals surface area contributed by atoms with E-state index >= 15 is 0 Å². The molecule has 0 saturated carbocycles. The van der Waals surface area contributed by atoms with Gasteiger partial charge in [-0.3, -0.25) is 4.99 Å². The first-order valence-electron chi connectivity index (χ1n) is 5.31. The number of piperazine rings is 1. The molecule has 0 aromatic carbocycles. The van der Waals surface area contributed by atoms with E-state index in [1.807, 2.05) is 6.92 Å². The third-order valence-corrected chi connectivity index (χ3v) is 2.67. The van der Waals surface area contributed by atoms with Crippen LogP contribution >= 0.6 is 15.9 Å². The molecule has 88 valence electrons. The number of hydrogen-bond donors (Lipinski definition) is 1. The van der Waals surface area contributed by atoms with Gasteiger partial charge in [0.15, 0.2) is 0 Å². The molecule has 16 heavy (non-hydrogen) atoms. The Morgan fingerprint density at radius 3 is 2.75 bits per heavy atom. The van der Waals surface area contributed by atoms with Gasteiger partial charge in [0, 0.05) is 39.4 Å². The van der Waals surface area contributed by atoms with Crippen LogP contribution in [-0.2, 0) is 0 Å². The lowest BCUT2D eigenvalue weighted by atomic mass is 10.4. The standard InChI is InChI=1S/C11H17BrN4/c1-3-4-10(12)9-15-11(13-2)16-7-5-14-6-8-16/h9-10,14H,5-8H2,1-2H3/b13-11+,15-9-. The van der Waals surface area contributed by atoms with Crippen LogP contribution in [0, 0.1) is 11.8 Å². The molecule has 0 bridgehead atoms. The first-order chi connectivity index (χ1) is 7.77. The number of rotatable bonds is 1. The molecule has 1 fully saturated rings. The molecule has 1 N–H and O–H groups in total. The van der Waals surface area contributed by atoms with Gasteiger partial charge in [0.1, 0.15) is 4.83 Å². The van der Waals surface area contributed by atoms with Gasteiger partial charge in [-0.05, 0) is 6.92 Å². The van der Waals surface area contributed by atoms with E-state index in [1.54, 1.807) is 13.3 Å². The highest BCUT2D eigenvalue weighted by molar-refractivity contribution is 9.10.